The van der Waals surface area contributed by atoms with Gasteiger partial charge in [-0.1, -0.05) is 6.07 Å². The zero-order valence-electron chi connectivity index (χ0n) is 6.40. The summed E-state index contributed by atoms with van der Waals surface area (Å²) in [6.45, 7) is 0.939. The molecule has 0 unspecified atom stereocenters. The molecule has 0 spiro atoms. The van der Waals surface area contributed by atoms with Crippen LogP contribution in [0.3, 0.4) is 0 Å². The minimum absolute atomic E-state index is 0.641. The van der Waals surface area contributed by atoms with Gasteiger partial charge in [0.25, 0.3) is 0 Å². The Labute approximate surface area is 66.7 Å². The molecule has 1 aromatic heterocycles. The van der Waals surface area contributed by atoms with Gasteiger partial charge in [-0.15, -0.1) is 0 Å². The molecule has 56 valence electrons. The normalized spacial score (nSPS) is 9.00. The van der Waals surface area contributed by atoms with Crippen LogP contribution < -0.4 is 4.57 Å². The summed E-state index contributed by atoms with van der Waals surface area (Å²) in [5.74, 6) is 0. The van der Waals surface area contributed by atoms with Gasteiger partial charge in [0.2, 0.25) is 0 Å². The van der Waals surface area contributed by atoms with Crippen LogP contribution in [0.2, 0.25) is 0 Å². The van der Waals surface area contributed by atoms with Gasteiger partial charge in [-0.25, -0.2) is 4.57 Å². The van der Waals surface area contributed by atoms with Crippen molar-refractivity contribution >= 4 is 0 Å². The van der Waals surface area contributed by atoms with Crippen LogP contribution in [0.1, 0.15) is 12.8 Å². The second-order valence-electron chi connectivity index (χ2n) is 2.37. The Morgan fingerprint density at radius 3 is 2.55 bits per heavy atom. The van der Waals surface area contributed by atoms with Crippen molar-refractivity contribution in [2.24, 2.45) is 0 Å². The summed E-state index contributed by atoms with van der Waals surface area (Å²) in [7, 11) is 0. The molecule has 0 radical (unpaired) electrons. The fourth-order valence-electron chi connectivity index (χ4n) is 0.924. The summed E-state index contributed by atoms with van der Waals surface area (Å²) in [5, 5.41) is 8.29. The first-order chi connectivity index (χ1) is 5.43. The van der Waals surface area contributed by atoms with Crippen molar-refractivity contribution in [2.75, 3.05) is 0 Å². The first kappa shape index (κ1) is 7.74. The second kappa shape index (κ2) is 4.45. The van der Waals surface area contributed by atoms with Crippen molar-refractivity contribution in [3.05, 3.63) is 30.6 Å². The van der Waals surface area contributed by atoms with Crippen LogP contribution in [-0.4, -0.2) is 0 Å². The molecule has 0 bridgehead atoms. The molecule has 0 atom stereocenters. The number of aromatic nitrogens is 1. The zero-order valence-corrected chi connectivity index (χ0v) is 6.40. The summed E-state index contributed by atoms with van der Waals surface area (Å²) < 4.78 is 2.08. The number of hydrogen-bond donors (Lipinski definition) is 0. The Bertz CT molecular complexity index is 235. The van der Waals surface area contributed by atoms with Crippen molar-refractivity contribution in [1.29, 1.82) is 5.26 Å². The lowest BCUT2D eigenvalue weighted by Crippen LogP contribution is -2.31. The van der Waals surface area contributed by atoms with Gasteiger partial charge in [0.05, 0.1) is 6.07 Å². The van der Waals surface area contributed by atoms with E-state index in [1.807, 2.05) is 30.6 Å². The van der Waals surface area contributed by atoms with Crippen LogP contribution in [0.25, 0.3) is 0 Å². The molecule has 0 aliphatic carbocycles. The van der Waals surface area contributed by atoms with Gasteiger partial charge in [0.1, 0.15) is 6.54 Å². The third-order valence-corrected chi connectivity index (χ3v) is 1.48. The van der Waals surface area contributed by atoms with E-state index in [-0.39, 0.29) is 0 Å². The van der Waals surface area contributed by atoms with Crippen LogP contribution in [0, 0.1) is 11.3 Å². The largest absolute Gasteiger partial charge is 0.205 e. The average Bonchev–Trinajstić information content (AvgIpc) is 2.07. The Kier molecular flexibility index (Phi) is 3.14. The van der Waals surface area contributed by atoms with Crippen LogP contribution in [-0.2, 0) is 6.54 Å². The number of rotatable bonds is 3. The number of hydrogen-bond acceptors (Lipinski definition) is 1. The highest BCUT2D eigenvalue weighted by Crippen LogP contribution is 1.85. The highest BCUT2D eigenvalue weighted by Gasteiger charge is 1.95. The maximum absolute atomic E-state index is 8.29. The summed E-state index contributed by atoms with van der Waals surface area (Å²) in [5.41, 5.74) is 0. The van der Waals surface area contributed by atoms with E-state index in [4.69, 9.17) is 5.26 Å². The number of unbranched alkanes of at least 4 members (excludes halogenated alkanes) is 1. The lowest BCUT2D eigenvalue weighted by Gasteiger charge is -1.90. The minimum Gasteiger partial charge on any atom is -0.205 e. The SMILES string of the molecule is N#CCCC[n+]1ccccc1. The first-order valence-electron chi connectivity index (χ1n) is 3.74. The number of pyridine rings is 1. The summed E-state index contributed by atoms with van der Waals surface area (Å²) in [6.07, 6.45) is 5.60. The molecule has 0 N–H and O–H groups in total. The number of nitriles is 1. The Morgan fingerprint density at radius 1 is 1.18 bits per heavy atom. The number of aryl methyl sites for hydroxylation is 1. The molecular formula is C9H11N2+. The van der Waals surface area contributed by atoms with Crippen LogP contribution >= 0.6 is 0 Å². The third kappa shape index (κ3) is 2.81. The van der Waals surface area contributed by atoms with Crippen molar-refractivity contribution in [1.82, 2.24) is 0 Å². The fourth-order valence-corrected chi connectivity index (χ4v) is 0.924. The third-order valence-electron chi connectivity index (χ3n) is 1.48. The van der Waals surface area contributed by atoms with E-state index in [1.165, 1.54) is 0 Å². The van der Waals surface area contributed by atoms with Crippen molar-refractivity contribution in [3.8, 4) is 6.07 Å². The number of nitrogens with zero attached hydrogens (tertiary/aromatic N) is 2. The molecular weight excluding hydrogens is 136 g/mol. The molecule has 2 nitrogen and oxygen atoms in total. The van der Waals surface area contributed by atoms with E-state index >= 15 is 0 Å². The van der Waals surface area contributed by atoms with E-state index in [9.17, 15) is 0 Å². The standard InChI is InChI=1S/C9H11N2/c10-6-2-5-9-11-7-3-1-4-8-11/h1,3-4,7-8H,2,5,9H2/q+1. The molecule has 0 fully saturated rings. The molecule has 11 heavy (non-hydrogen) atoms. The quantitative estimate of drug-likeness (QED) is 0.467. The molecule has 0 saturated carbocycles. The maximum atomic E-state index is 8.29. The topological polar surface area (TPSA) is 27.7 Å². The molecule has 0 aliphatic rings. The second-order valence-corrected chi connectivity index (χ2v) is 2.37. The van der Waals surface area contributed by atoms with Crippen molar-refractivity contribution in [3.63, 3.8) is 0 Å². The molecule has 1 aromatic rings. The van der Waals surface area contributed by atoms with E-state index in [0.29, 0.717) is 6.42 Å². The highest BCUT2D eigenvalue weighted by atomic mass is 14.9. The van der Waals surface area contributed by atoms with Crippen molar-refractivity contribution in [2.45, 2.75) is 19.4 Å². The van der Waals surface area contributed by atoms with Crippen LogP contribution in [0.15, 0.2) is 30.6 Å². The summed E-state index contributed by atoms with van der Waals surface area (Å²) in [4.78, 5) is 0. The monoisotopic (exact) mass is 147 g/mol. The van der Waals surface area contributed by atoms with Gasteiger partial charge >= 0.3 is 0 Å². The van der Waals surface area contributed by atoms with Crippen molar-refractivity contribution < 1.29 is 4.57 Å². The molecule has 0 aromatic carbocycles. The van der Waals surface area contributed by atoms with E-state index in [2.05, 4.69) is 10.6 Å². The molecule has 0 amide bonds. The summed E-state index contributed by atoms with van der Waals surface area (Å²) >= 11 is 0. The van der Waals surface area contributed by atoms with E-state index in [1.54, 1.807) is 0 Å². The van der Waals surface area contributed by atoms with Crippen LogP contribution in [0.4, 0.5) is 0 Å². The Hall–Kier alpha value is -1.36. The smallest absolute Gasteiger partial charge is 0.168 e. The first-order valence-corrected chi connectivity index (χ1v) is 3.74. The zero-order chi connectivity index (χ0) is 7.94. The lowest BCUT2D eigenvalue weighted by molar-refractivity contribution is -0.697. The van der Waals surface area contributed by atoms with E-state index in [0.717, 1.165) is 13.0 Å². The average molecular weight is 147 g/mol. The molecule has 1 rings (SSSR count). The van der Waals surface area contributed by atoms with Gasteiger partial charge in [0, 0.05) is 25.0 Å². The highest BCUT2D eigenvalue weighted by molar-refractivity contribution is 4.83. The predicted octanol–water partition coefficient (Wildman–Crippen LogP) is 1.28. The van der Waals surface area contributed by atoms with Gasteiger partial charge in [-0.3, -0.25) is 0 Å². The maximum Gasteiger partial charge on any atom is 0.168 e. The van der Waals surface area contributed by atoms with E-state index < -0.39 is 0 Å². The Balaban J connectivity index is 2.35. The molecule has 0 saturated heterocycles. The Morgan fingerprint density at radius 2 is 1.91 bits per heavy atom. The predicted molar refractivity (Wildman–Crippen MR) is 41.5 cm³/mol. The van der Waals surface area contributed by atoms with Gasteiger partial charge in [-0.05, 0) is 0 Å². The lowest BCUT2D eigenvalue weighted by atomic mass is 10.3. The summed E-state index contributed by atoms with van der Waals surface area (Å²) in [6, 6.07) is 8.10. The van der Waals surface area contributed by atoms with Gasteiger partial charge in [0.15, 0.2) is 12.4 Å². The van der Waals surface area contributed by atoms with Gasteiger partial charge in [-0.2, -0.15) is 5.26 Å². The molecule has 2 heteroatoms. The molecule has 1 heterocycles. The fraction of sp³-hybridized carbons (Fsp3) is 0.333. The van der Waals surface area contributed by atoms with Gasteiger partial charge < -0.3 is 0 Å². The molecule has 0 aliphatic heterocycles. The van der Waals surface area contributed by atoms with Crippen LogP contribution in [0.5, 0.6) is 0 Å². The minimum atomic E-state index is 0.641.